The van der Waals surface area contributed by atoms with Gasteiger partial charge >= 0.3 is 11.9 Å². The van der Waals surface area contributed by atoms with Crippen molar-refractivity contribution in [3.05, 3.63) is 88.7 Å². The third-order valence-electron chi connectivity index (χ3n) is 9.93. The average Bonchev–Trinajstić information content (AvgIpc) is 3.74. The molecule has 0 radical (unpaired) electrons. The molecule has 5 heterocycles. The van der Waals surface area contributed by atoms with E-state index >= 15 is 0 Å². The van der Waals surface area contributed by atoms with E-state index in [9.17, 15) is 9.59 Å². The maximum Gasteiger partial charge on any atom is 0.305 e. The number of carbonyl (C=O) groups excluding carboxylic acids is 2. The van der Waals surface area contributed by atoms with Gasteiger partial charge in [-0.05, 0) is 112 Å². The van der Waals surface area contributed by atoms with Gasteiger partial charge in [0.1, 0.15) is 0 Å². The maximum absolute atomic E-state index is 12.3. The fourth-order valence-electron chi connectivity index (χ4n) is 6.88. The summed E-state index contributed by atoms with van der Waals surface area (Å²) in [6.07, 6.45) is 9.66. The van der Waals surface area contributed by atoms with Crippen LogP contribution in [0.2, 0.25) is 0 Å². The average molecular weight is 657 g/mol. The van der Waals surface area contributed by atoms with Gasteiger partial charge in [-0.25, -0.2) is 0 Å². The molecule has 1 aliphatic rings. The van der Waals surface area contributed by atoms with E-state index in [1.54, 1.807) is 14.2 Å². The first-order valence-electron chi connectivity index (χ1n) is 16.4. The smallest absolute Gasteiger partial charge is 0.305 e. The van der Waals surface area contributed by atoms with Crippen molar-refractivity contribution in [2.75, 3.05) is 28.4 Å². The van der Waals surface area contributed by atoms with Gasteiger partial charge in [0.05, 0.1) is 26.4 Å². The molecule has 0 fully saturated rings. The Hall–Kier alpha value is -4.54. The molecule has 4 aromatic heterocycles. The zero-order valence-corrected chi connectivity index (χ0v) is 29.7. The summed E-state index contributed by atoms with van der Waals surface area (Å²) < 4.78 is 21.7. The largest absolute Gasteiger partial charge is 0.469 e. The third kappa shape index (κ3) is 6.59. The van der Waals surface area contributed by atoms with Crippen LogP contribution in [0.25, 0.3) is 24.3 Å². The third-order valence-corrected chi connectivity index (χ3v) is 9.93. The Morgan fingerprint density at radius 3 is 1.65 bits per heavy atom. The fraction of sp³-hybridized carbons (Fsp3) is 0.421. The summed E-state index contributed by atoms with van der Waals surface area (Å²) in [5, 5.41) is 3.72. The maximum atomic E-state index is 12.3. The van der Waals surface area contributed by atoms with Gasteiger partial charge in [-0.3, -0.25) is 9.59 Å². The molecular weight excluding hydrogens is 608 g/mol. The van der Waals surface area contributed by atoms with Crippen molar-refractivity contribution in [1.29, 1.82) is 0 Å². The number of methoxy groups -OCH3 is 4. The van der Waals surface area contributed by atoms with Crippen molar-refractivity contribution in [3.63, 3.8) is 0 Å². The van der Waals surface area contributed by atoms with Gasteiger partial charge in [0, 0.05) is 82.4 Å². The normalized spacial score (nSPS) is 13.5. The number of fused-ring (bicyclic) bond motifs is 8. The molecule has 0 aromatic carbocycles. The summed E-state index contributed by atoms with van der Waals surface area (Å²) in [4.78, 5) is 39.2. The standard InChI is InChI=1S/C38H48N4O6/c1-19-25(11-13-35(43)47-9)31-18-32-26(12-14-36(44)48-10)20(2)28(40-32)16-33-38(24(6)46-8)22(4)30(42-33)17-34-37(23(5)45-7)21(3)29(41-34)15-27(19)39-31/h15-18,23-24,39-42H,11-14H2,1-10H3/t23-,24+/m0/s1. The number of carbonyl (C=O) groups is 2. The molecule has 1 aliphatic heterocycles. The molecule has 4 aromatic rings. The minimum absolute atomic E-state index is 0.150. The molecule has 10 heteroatoms. The van der Waals surface area contributed by atoms with Crippen LogP contribution in [-0.2, 0) is 41.4 Å². The summed E-state index contributed by atoms with van der Waals surface area (Å²) in [7, 11) is 6.26. The summed E-state index contributed by atoms with van der Waals surface area (Å²) in [5.74, 6) is -0.534. The zero-order valence-electron chi connectivity index (χ0n) is 29.7. The van der Waals surface area contributed by atoms with Gasteiger partial charge in [0.2, 0.25) is 0 Å². The second-order valence-electron chi connectivity index (χ2n) is 12.6. The number of H-pyrrole nitrogens is 4. The second kappa shape index (κ2) is 14.3. The van der Waals surface area contributed by atoms with Crippen LogP contribution in [0.5, 0.6) is 0 Å². The second-order valence-corrected chi connectivity index (χ2v) is 12.6. The quantitative estimate of drug-likeness (QED) is 0.170. The highest BCUT2D eigenvalue weighted by Gasteiger charge is 2.21. The van der Waals surface area contributed by atoms with E-state index in [4.69, 9.17) is 18.9 Å². The van der Waals surface area contributed by atoms with E-state index in [1.165, 1.54) is 14.2 Å². The lowest BCUT2D eigenvalue weighted by Crippen LogP contribution is -2.15. The van der Waals surface area contributed by atoms with Crippen molar-refractivity contribution >= 4 is 36.2 Å². The summed E-state index contributed by atoms with van der Waals surface area (Å²) in [6, 6.07) is 0. The summed E-state index contributed by atoms with van der Waals surface area (Å²) in [6.45, 7) is 12.5. The predicted octanol–water partition coefficient (Wildman–Crippen LogP) is 3.49. The van der Waals surface area contributed by atoms with Crippen LogP contribution in [0.15, 0.2) is 0 Å². The Morgan fingerprint density at radius 2 is 1.02 bits per heavy atom. The first-order chi connectivity index (χ1) is 22.9. The van der Waals surface area contributed by atoms with Crippen molar-refractivity contribution in [2.45, 2.75) is 79.4 Å². The van der Waals surface area contributed by atoms with E-state index in [0.717, 1.165) is 88.7 Å². The fourth-order valence-corrected chi connectivity index (χ4v) is 6.88. The topological polar surface area (TPSA) is 134 Å². The number of aromatic nitrogens is 4. The molecule has 0 spiro atoms. The molecule has 5 rings (SSSR count). The number of nitrogens with one attached hydrogen (secondary N) is 4. The molecule has 256 valence electrons. The highest BCUT2D eigenvalue weighted by atomic mass is 16.5. The van der Waals surface area contributed by atoms with E-state index in [1.807, 2.05) is 6.92 Å². The first kappa shape index (κ1) is 34.8. The van der Waals surface area contributed by atoms with Gasteiger partial charge in [-0.1, -0.05) is 0 Å². The number of esters is 2. The molecule has 0 unspecified atom stereocenters. The van der Waals surface area contributed by atoms with Crippen LogP contribution in [0.1, 0.15) is 106 Å². The van der Waals surface area contributed by atoms with E-state index in [2.05, 4.69) is 78.9 Å². The predicted molar refractivity (Wildman–Crippen MR) is 186 cm³/mol. The number of aromatic amines is 4. The van der Waals surface area contributed by atoms with Crippen molar-refractivity contribution in [1.82, 2.24) is 19.9 Å². The molecule has 0 saturated heterocycles. The molecule has 48 heavy (non-hydrogen) atoms. The molecule has 0 saturated carbocycles. The SMILES string of the molecule is COC(=O)CCc1c2[nH]c(c1C)C=c1[nH]c(c(C)c1[C@@H](C)OC)=Cc1[nH]c(c(C)c1[C@H](C)OC)C=c1[nH]c(c(CCC(=O)OC)c1C)=C2. The molecule has 2 atom stereocenters. The minimum atomic E-state index is -0.268. The van der Waals surface area contributed by atoms with Crippen LogP contribution < -0.4 is 21.4 Å². The van der Waals surface area contributed by atoms with Gasteiger partial charge in [0.25, 0.3) is 0 Å². The van der Waals surface area contributed by atoms with E-state index < -0.39 is 0 Å². The molecule has 0 aliphatic carbocycles. The van der Waals surface area contributed by atoms with Crippen molar-refractivity contribution in [3.8, 4) is 0 Å². The van der Waals surface area contributed by atoms with Crippen molar-refractivity contribution in [2.24, 2.45) is 0 Å². The molecule has 8 bridgehead atoms. The van der Waals surface area contributed by atoms with E-state index in [-0.39, 0.29) is 37.0 Å². The Kier molecular flexibility index (Phi) is 10.4. The van der Waals surface area contributed by atoms with Crippen LogP contribution in [-0.4, -0.2) is 60.3 Å². The van der Waals surface area contributed by atoms with E-state index in [0.29, 0.717) is 12.8 Å². The van der Waals surface area contributed by atoms with Gasteiger partial charge in [-0.15, -0.1) is 0 Å². The van der Waals surface area contributed by atoms with Gasteiger partial charge in [-0.2, -0.15) is 0 Å². The van der Waals surface area contributed by atoms with Crippen LogP contribution >= 0.6 is 0 Å². The Bertz CT molecular complexity index is 2110. The number of rotatable bonds is 10. The zero-order chi connectivity index (χ0) is 34.9. The highest BCUT2D eigenvalue weighted by molar-refractivity contribution is 5.71. The molecular formula is C38H48N4O6. The molecule has 4 N–H and O–H groups in total. The van der Waals surface area contributed by atoms with Crippen LogP contribution in [0.4, 0.5) is 0 Å². The minimum Gasteiger partial charge on any atom is -0.469 e. The van der Waals surface area contributed by atoms with Gasteiger partial charge < -0.3 is 38.9 Å². The van der Waals surface area contributed by atoms with Crippen LogP contribution in [0.3, 0.4) is 0 Å². The van der Waals surface area contributed by atoms with Crippen molar-refractivity contribution < 1.29 is 28.5 Å². The van der Waals surface area contributed by atoms with Gasteiger partial charge in [0.15, 0.2) is 0 Å². The highest BCUT2D eigenvalue weighted by Crippen LogP contribution is 2.29. The lowest BCUT2D eigenvalue weighted by molar-refractivity contribution is -0.141. The number of hydrogen-bond acceptors (Lipinski definition) is 6. The van der Waals surface area contributed by atoms with Crippen LogP contribution in [0, 0.1) is 27.7 Å². The monoisotopic (exact) mass is 656 g/mol. The molecule has 10 nitrogen and oxygen atoms in total. The Morgan fingerprint density at radius 1 is 0.542 bits per heavy atom. The number of ether oxygens (including phenoxy) is 4. The number of hydrogen-bond donors (Lipinski definition) is 4. The lowest BCUT2D eigenvalue weighted by atomic mass is 10.0. The molecule has 0 amide bonds. The first-order valence-corrected chi connectivity index (χ1v) is 16.4. The Balaban J connectivity index is 1.91. The summed E-state index contributed by atoms with van der Waals surface area (Å²) in [5.41, 5.74) is 12.2. The summed E-state index contributed by atoms with van der Waals surface area (Å²) >= 11 is 0. The lowest BCUT2D eigenvalue weighted by Gasteiger charge is -2.11. The Labute approximate surface area is 280 Å².